The van der Waals surface area contributed by atoms with Crippen molar-refractivity contribution < 1.29 is 14.8 Å². The molecule has 0 heterocycles. The maximum atomic E-state index is 11.0. The zero-order chi connectivity index (χ0) is 15.6. The fourth-order valence-corrected chi connectivity index (χ4v) is 3.04. The predicted molar refractivity (Wildman–Crippen MR) is 80.6 cm³/mol. The lowest BCUT2D eigenvalue weighted by Gasteiger charge is -2.07. The molecule has 0 radical (unpaired) electrons. The first-order valence-electron chi connectivity index (χ1n) is 5.53. The summed E-state index contributed by atoms with van der Waals surface area (Å²) in [7, 11) is 0. The van der Waals surface area contributed by atoms with Crippen LogP contribution in [0.1, 0.15) is 10.4 Å². The van der Waals surface area contributed by atoms with Gasteiger partial charge >= 0.3 is 5.97 Å². The third-order valence-corrected chi connectivity index (χ3v) is 4.41. The molecular formula is C13H7Cl2NO4S. The van der Waals surface area contributed by atoms with Crippen molar-refractivity contribution in [3.63, 3.8) is 0 Å². The normalized spacial score (nSPS) is 10.4. The van der Waals surface area contributed by atoms with E-state index in [9.17, 15) is 14.9 Å². The first kappa shape index (κ1) is 15.6. The summed E-state index contributed by atoms with van der Waals surface area (Å²) < 4.78 is 0. The number of nitrogens with zero attached hydrogens (tertiary/aromatic N) is 1. The molecule has 2 aromatic carbocycles. The minimum absolute atomic E-state index is 0.0728. The lowest BCUT2D eigenvalue weighted by molar-refractivity contribution is -0.387. The summed E-state index contributed by atoms with van der Waals surface area (Å²) in [6, 6.07) is 8.70. The molecular weight excluding hydrogens is 337 g/mol. The molecule has 2 aromatic rings. The van der Waals surface area contributed by atoms with Crippen LogP contribution < -0.4 is 0 Å². The predicted octanol–water partition coefficient (Wildman–Crippen LogP) is 4.75. The standard InChI is InChI=1S/C13H7Cl2NO4S/c14-9-5-4-7(6-8(9)13(17)18)21-12-10(15)2-1-3-11(12)16(19)20/h1-6H,(H,17,18). The molecule has 2 rings (SSSR count). The minimum Gasteiger partial charge on any atom is -0.478 e. The van der Waals surface area contributed by atoms with Gasteiger partial charge in [-0.2, -0.15) is 0 Å². The molecule has 0 amide bonds. The van der Waals surface area contributed by atoms with Gasteiger partial charge in [-0.15, -0.1) is 0 Å². The van der Waals surface area contributed by atoms with Gasteiger partial charge in [0.1, 0.15) is 4.90 Å². The molecule has 0 atom stereocenters. The number of nitro benzene ring substituents is 1. The number of nitro groups is 1. The van der Waals surface area contributed by atoms with Crippen LogP contribution in [-0.2, 0) is 0 Å². The van der Waals surface area contributed by atoms with Crippen molar-refractivity contribution in [1.29, 1.82) is 0 Å². The second-order valence-corrected chi connectivity index (χ2v) is 5.79. The Hall–Kier alpha value is -1.76. The van der Waals surface area contributed by atoms with E-state index in [4.69, 9.17) is 28.3 Å². The van der Waals surface area contributed by atoms with E-state index in [0.29, 0.717) is 4.90 Å². The Labute approximate surface area is 133 Å². The van der Waals surface area contributed by atoms with Crippen molar-refractivity contribution in [3.8, 4) is 0 Å². The molecule has 0 saturated heterocycles. The molecule has 0 aliphatic heterocycles. The molecule has 5 nitrogen and oxygen atoms in total. The highest BCUT2D eigenvalue weighted by atomic mass is 35.5. The summed E-state index contributed by atoms with van der Waals surface area (Å²) in [5.41, 5.74) is -0.212. The zero-order valence-corrected chi connectivity index (χ0v) is 12.6. The summed E-state index contributed by atoms with van der Waals surface area (Å²) in [6.07, 6.45) is 0. The molecule has 0 aliphatic carbocycles. The van der Waals surface area contributed by atoms with Gasteiger partial charge in [-0.3, -0.25) is 10.1 Å². The topological polar surface area (TPSA) is 80.4 Å². The van der Waals surface area contributed by atoms with Crippen LogP contribution in [0.5, 0.6) is 0 Å². The number of aromatic carboxylic acids is 1. The van der Waals surface area contributed by atoms with Gasteiger partial charge in [0.05, 0.1) is 20.5 Å². The average molecular weight is 344 g/mol. The summed E-state index contributed by atoms with van der Waals surface area (Å²) in [6.45, 7) is 0. The third-order valence-electron chi connectivity index (χ3n) is 2.53. The lowest BCUT2D eigenvalue weighted by atomic mass is 10.2. The minimum atomic E-state index is -1.17. The Morgan fingerprint density at radius 3 is 2.52 bits per heavy atom. The van der Waals surface area contributed by atoms with Crippen molar-refractivity contribution in [3.05, 3.63) is 62.1 Å². The van der Waals surface area contributed by atoms with Crippen molar-refractivity contribution in [2.24, 2.45) is 0 Å². The first-order valence-corrected chi connectivity index (χ1v) is 7.11. The van der Waals surface area contributed by atoms with E-state index < -0.39 is 10.9 Å². The van der Waals surface area contributed by atoms with Crippen molar-refractivity contribution in [2.75, 3.05) is 0 Å². The van der Waals surface area contributed by atoms with Crippen LogP contribution in [0.3, 0.4) is 0 Å². The summed E-state index contributed by atoms with van der Waals surface area (Å²) in [5.74, 6) is -1.17. The number of benzene rings is 2. The van der Waals surface area contributed by atoms with E-state index in [1.165, 1.54) is 30.3 Å². The van der Waals surface area contributed by atoms with Gasteiger partial charge in [0.25, 0.3) is 5.69 Å². The van der Waals surface area contributed by atoms with Crippen LogP contribution in [-0.4, -0.2) is 16.0 Å². The molecule has 1 N–H and O–H groups in total. The number of hydrogen-bond donors (Lipinski definition) is 1. The second-order valence-electron chi connectivity index (χ2n) is 3.89. The molecule has 0 aromatic heterocycles. The molecule has 0 aliphatic rings. The molecule has 0 spiro atoms. The van der Waals surface area contributed by atoms with Crippen LogP contribution >= 0.6 is 35.0 Å². The van der Waals surface area contributed by atoms with Gasteiger partial charge in [-0.05, 0) is 24.3 Å². The highest BCUT2D eigenvalue weighted by Gasteiger charge is 2.19. The molecule has 0 saturated carbocycles. The summed E-state index contributed by atoms with van der Waals surface area (Å²) >= 11 is 12.8. The molecule has 8 heteroatoms. The van der Waals surface area contributed by atoms with E-state index in [0.717, 1.165) is 11.8 Å². The quantitative estimate of drug-likeness (QED) is 0.639. The molecule has 0 bridgehead atoms. The Kier molecular flexibility index (Phi) is 4.72. The van der Waals surface area contributed by atoms with Gasteiger partial charge in [0.2, 0.25) is 0 Å². The van der Waals surface area contributed by atoms with Crippen LogP contribution in [0.15, 0.2) is 46.2 Å². The monoisotopic (exact) mass is 343 g/mol. The van der Waals surface area contributed by atoms with Crippen molar-refractivity contribution >= 4 is 46.6 Å². The number of carboxylic acids is 1. The van der Waals surface area contributed by atoms with Crippen LogP contribution in [0, 0.1) is 10.1 Å². The van der Waals surface area contributed by atoms with E-state index >= 15 is 0 Å². The Morgan fingerprint density at radius 2 is 1.90 bits per heavy atom. The summed E-state index contributed by atoms with van der Waals surface area (Å²) in [5, 5.41) is 20.4. The van der Waals surface area contributed by atoms with E-state index in [-0.39, 0.29) is 26.2 Å². The third kappa shape index (κ3) is 3.47. The smallest absolute Gasteiger partial charge is 0.337 e. The molecule has 0 fully saturated rings. The maximum Gasteiger partial charge on any atom is 0.337 e. The van der Waals surface area contributed by atoms with E-state index in [1.807, 2.05) is 0 Å². The fourth-order valence-electron chi connectivity index (χ4n) is 1.59. The van der Waals surface area contributed by atoms with Crippen molar-refractivity contribution in [1.82, 2.24) is 0 Å². The van der Waals surface area contributed by atoms with Gasteiger partial charge in [-0.1, -0.05) is 41.0 Å². The molecule has 108 valence electrons. The average Bonchev–Trinajstić information content (AvgIpc) is 2.42. The van der Waals surface area contributed by atoms with Crippen LogP contribution in [0.4, 0.5) is 5.69 Å². The number of carboxylic acid groups (broad SMARTS) is 1. The van der Waals surface area contributed by atoms with E-state index in [1.54, 1.807) is 6.07 Å². The number of halogens is 2. The Morgan fingerprint density at radius 1 is 1.19 bits per heavy atom. The van der Waals surface area contributed by atoms with Gasteiger partial charge in [0.15, 0.2) is 0 Å². The zero-order valence-electron chi connectivity index (χ0n) is 10.2. The van der Waals surface area contributed by atoms with Crippen LogP contribution in [0.2, 0.25) is 10.0 Å². The SMILES string of the molecule is O=C(O)c1cc(Sc2c(Cl)cccc2[N+](=O)[O-])ccc1Cl. The number of carbonyl (C=O) groups is 1. The van der Waals surface area contributed by atoms with Crippen LogP contribution in [0.25, 0.3) is 0 Å². The van der Waals surface area contributed by atoms with Gasteiger partial charge in [0, 0.05) is 11.0 Å². The van der Waals surface area contributed by atoms with Gasteiger partial charge < -0.3 is 5.11 Å². The number of hydrogen-bond acceptors (Lipinski definition) is 4. The highest BCUT2D eigenvalue weighted by Crippen LogP contribution is 2.40. The highest BCUT2D eigenvalue weighted by molar-refractivity contribution is 7.99. The second kappa shape index (κ2) is 6.34. The molecule has 0 unspecified atom stereocenters. The van der Waals surface area contributed by atoms with E-state index in [2.05, 4.69) is 0 Å². The molecule has 21 heavy (non-hydrogen) atoms. The maximum absolute atomic E-state index is 11.0. The summed E-state index contributed by atoms with van der Waals surface area (Å²) in [4.78, 5) is 22.3. The Bertz CT molecular complexity index is 736. The largest absolute Gasteiger partial charge is 0.478 e. The Balaban J connectivity index is 2.46. The van der Waals surface area contributed by atoms with Gasteiger partial charge in [-0.25, -0.2) is 4.79 Å². The lowest BCUT2D eigenvalue weighted by Crippen LogP contribution is -1.97. The fraction of sp³-hybridized carbons (Fsp3) is 0. The first-order chi connectivity index (χ1) is 9.90. The number of rotatable bonds is 4. The van der Waals surface area contributed by atoms with Crippen molar-refractivity contribution in [2.45, 2.75) is 9.79 Å².